The molecule has 1 heterocycles. The molecule has 3 rings (SSSR count). The number of amides is 2. The van der Waals surface area contributed by atoms with Gasteiger partial charge in [-0.2, -0.15) is 0 Å². The molecule has 6 nitrogen and oxygen atoms in total. The average Bonchev–Trinajstić information content (AvgIpc) is 2.96. The van der Waals surface area contributed by atoms with Gasteiger partial charge in [0.15, 0.2) is 0 Å². The van der Waals surface area contributed by atoms with Crippen molar-refractivity contribution in [3.8, 4) is 5.75 Å². The summed E-state index contributed by atoms with van der Waals surface area (Å²) in [5.41, 5.74) is 0.815. The number of carboxylic acids is 1. The molecule has 1 aliphatic heterocycles. The van der Waals surface area contributed by atoms with Crippen LogP contribution in [0.5, 0.6) is 5.75 Å². The predicted molar refractivity (Wildman–Crippen MR) is 88.9 cm³/mol. The molecular formula is C18H19NO5. The Balaban J connectivity index is 0.000000249. The number of benzene rings is 2. The first kappa shape index (κ1) is 17.5. The van der Waals surface area contributed by atoms with Crippen LogP contribution < -0.4 is 10.1 Å². The standard InChI is InChI=1S/C14H14O3.C4H5NO2/c1-9(14(15)16)10-3-4-12-8-13(17-2)6-5-11(12)7-10;6-3-1-2-4(7)5-3/h3-9H,1-2H3,(H,15,16);1-2H2,(H,5,6,7)/t9-;/m0./s1. The smallest absolute Gasteiger partial charge is 0.310 e. The number of fused-ring (bicyclic) bond motifs is 1. The molecule has 2 aromatic carbocycles. The van der Waals surface area contributed by atoms with E-state index in [9.17, 15) is 14.4 Å². The van der Waals surface area contributed by atoms with Crippen molar-refractivity contribution in [2.24, 2.45) is 0 Å². The van der Waals surface area contributed by atoms with E-state index in [0.29, 0.717) is 12.8 Å². The Morgan fingerprint density at radius 3 is 2.17 bits per heavy atom. The molecule has 2 aromatic rings. The van der Waals surface area contributed by atoms with Crippen LogP contribution in [0.15, 0.2) is 36.4 Å². The number of imide groups is 1. The second-order valence-electron chi connectivity index (χ2n) is 5.50. The quantitative estimate of drug-likeness (QED) is 0.844. The Bertz CT molecular complexity index is 770. The van der Waals surface area contributed by atoms with E-state index in [1.54, 1.807) is 14.0 Å². The number of hydrogen-bond donors (Lipinski definition) is 2. The molecule has 1 aliphatic rings. The van der Waals surface area contributed by atoms with E-state index in [4.69, 9.17) is 9.84 Å². The zero-order chi connectivity index (χ0) is 17.7. The van der Waals surface area contributed by atoms with Crippen LogP contribution in [0, 0.1) is 0 Å². The summed E-state index contributed by atoms with van der Waals surface area (Å²) in [5, 5.41) is 13.2. The summed E-state index contributed by atoms with van der Waals surface area (Å²) in [5.74, 6) is -0.786. The lowest BCUT2D eigenvalue weighted by Crippen LogP contribution is -2.18. The SMILES string of the molecule is COc1ccc2cc([C@H](C)C(=O)O)ccc2c1.O=C1CCC(=O)N1. The molecule has 0 saturated carbocycles. The number of rotatable bonds is 3. The number of carbonyl (C=O) groups excluding carboxylic acids is 2. The van der Waals surface area contributed by atoms with Crippen LogP contribution >= 0.6 is 0 Å². The maximum Gasteiger partial charge on any atom is 0.310 e. The first-order chi connectivity index (χ1) is 11.4. The first-order valence-corrected chi connectivity index (χ1v) is 7.54. The Labute approximate surface area is 139 Å². The lowest BCUT2D eigenvalue weighted by atomic mass is 9.98. The highest BCUT2D eigenvalue weighted by Gasteiger charge is 2.15. The van der Waals surface area contributed by atoms with Crippen molar-refractivity contribution < 1.29 is 24.2 Å². The Morgan fingerprint density at radius 1 is 1.08 bits per heavy atom. The molecule has 1 saturated heterocycles. The minimum Gasteiger partial charge on any atom is -0.497 e. The fraction of sp³-hybridized carbons (Fsp3) is 0.278. The molecule has 0 aliphatic carbocycles. The van der Waals surface area contributed by atoms with Gasteiger partial charge in [-0.05, 0) is 35.4 Å². The van der Waals surface area contributed by atoms with E-state index in [0.717, 1.165) is 22.1 Å². The van der Waals surface area contributed by atoms with Crippen LogP contribution in [0.4, 0.5) is 0 Å². The van der Waals surface area contributed by atoms with Gasteiger partial charge in [0.1, 0.15) is 5.75 Å². The summed E-state index contributed by atoms with van der Waals surface area (Å²) in [6.45, 7) is 1.69. The summed E-state index contributed by atoms with van der Waals surface area (Å²) in [7, 11) is 1.63. The van der Waals surface area contributed by atoms with Crippen molar-refractivity contribution in [2.75, 3.05) is 7.11 Å². The topological polar surface area (TPSA) is 92.7 Å². The second-order valence-corrected chi connectivity index (χ2v) is 5.50. The molecule has 1 fully saturated rings. The predicted octanol–water partition coefficient (Wildman–Crippen LogP) is 2.46. The number of nitrogens with one attached hydrogen (secondary N) is 1. The maximum absolute atomic E-state index is 10.9. The van der Waals surface area contributed by atoms with Crippen molar-refractivity contribution in [2.45, 2.75) is 25.7 Å². The van der Waals surface area contributed by atoms with Gasteiger partial charge in [0.2, 0.25) is 11.8 Å². The monoisotopic (exact) mass is 329 g/mol. The van der Waals surface area contributed by atoms with E-state index in [1.165, 1.54) is 0 Å². The Kier molecular flexibility index (Phi) is 5.52. The van der Waals surface area contributed by atoms with Crippen LogP contribution in [0.1, 0.15) is 31.2 Å². The summed E-state index contributed by atoms with van der Waals surface area (Å²) in [6, 6.07) is 11.4. The molecule has 0 unspecified atom stereocenters. The van der Waals surface area contributed by atoms with Crippen LogP contribution in [-0.2, 0) is 14.4 Å². The van der Waals surface area contributed by atoms with Gasteiger partial charge in [0, 0.05) is 12.8 Å². The third-order valence-electron chi connectivity index (χ3n) is 3.80. The van der Waals surface area contributed by atoms with Crippen LogP contribution in [-0.4, -0.2) is 30.0 Å². The minimum absolute atomic E-state index is 0.148. The van der Waals surface area contributed by atoms with Crippen LogP contribution in [0.25, 0.3) is 10.8 Å². The van der Waals surface area contributed by atoms with Gasteiger partial charge in [0.05, 0.1) is 13.0 Å². The highest BCUT2D eigenvalue weighted by molar-refractivity contribution is 6.01. The second kappa shape index (κ2) is 7.59. The Morgan fingerprint density at radius 2 is 1.67 bits per heavy atom. The van der Waals surface area contributed by atoms with E-state index >= 15 is 0 Å². The molecule has 0 aromatic heterocycles. The normalized spacial score (nSPS) is 14.6. The van der Waals surface area contributed by atoms with Gasteiger partial charge >= 0.3 is 5.97 Å². The third kappa shape index (κ3) is 4.32. The third-order valence-corrected chi connectivity index (χ3v) is 3.80. The van der Waals surface area contributed by atoms with Crippen molar-refractivity contribution >= 4 is 28.6 Å². The zero-order valence-electron chi connectivity index (χ0n) is 13.5. The maximum atomic E-state index is 10.9. The summed E-state index contributed by atoms with van der Waals surface area (Å²) in [6.07, 6.45) is 0.748. The zero-order valence-corrected chi connectivity index (χ0v) is 13.5. The molecule has 0 radical (unpaired) electrons. The molecule has 0 bridgehead atoms. The van der Waals surface area contributed by atoms with E-state index in [-0.39, 0.29) is 11.8 Å². The van der Waals surface area contributed by atoms with Gasteiger partial charge in [-0.15, -0.1) is 0 Å². The molecule has 2 amide bonds. The van der Waals surface area contributed by atoms with Crippen molar-refractivity contribution in [3.63, 3.8) is 0 Å². The molecule has 0 spiro atoms. The van der Waals surface area contributed by atoms with E-state index in [1.807, 2.05) is 36.4 Å². The molecule has 126 valence electrons. The summed E-state index contributed by atoms with van der Waals surface area (Å²) in [4.78, 5) is 31.2. The number of carbonyl (C=O) groups is 3. The fourth-order valence-corrected chi connectivity index (χ4v) is 2.29. The largest absolute Gasteiger partial charge is 0.497 e. The van der Waals surface area contributed by atoms with E-state index in [2.05, 4.69) is 5.32 Å². The molecule has 2 N–H and O–H groups in total. The van der Waals surface area contributed by atoms with Gasteiger partial charge in [-0.25, -0.2) is 0 Å². The van der Waals surface area contributed by atoms with Gasteiger partial charge < -0.3 is 9.84 Å². The fourth-order valence-electron chi connectivity index (χ4n) is 2.29. The summed E-state index contributed by atoms with van der Waals surface area (Å²) < 4.78 is 5.14. The Hall–Kier alpha value is -2.89. The number of methoxy groups -OCH3 is 1. The van der Waals surface area contributed by atoms with Gasteiger partial charge in [0.25, 0.3) is 0 Å². The highest BCUT2D eigenvalue weighted by atomic mass is 16.5. The lowest BCUT2D eigenvalue weighted by Gasteiger charge is -2.08. The first-order valence-electron chi connectivity index (χ1n) is 7.54. The number of ether oxygens (including phenoxy) is 1. The molecular weight excluding hydrogens is 310 g/mol. The number of hydrogen-bond acceptors (Lipinski definition) is 4. The number of aliphatic carboxylic acids is 1. The van der Waals surface area contributed by atoms with Crippen LogP contribution in [0.2, 0.25) is 0 Å². The number of carboxylic acid groups (broad SMARTS) is 1. The minimum atomic E-state index is -0.808. The molecule has 24 heavy (non-hydrogen) atoms. The average molecular weight is 329 g/mol. The lowest BCUT2D eigenvalue weighted by molar-refractivity contribution is -0.138. The van der Waals surface area contributed by atoms with Gasteiger partial charge in [-0.3, -0.25) is 19.7 Å². The highest BCUT2D eigenvalue weighted by Crippen LogP contribution is 2.25. The summed E-state index contributed by atoms with van der Waals surface area (Å²) >= 11 is 0. The molecule has 1 atom stereocenters. The van der Waals surface area contributed by atoms with Crippen molar-refractivity contribution in [1.82, 2.24) is 5.32 Å². The van der Waals surface area contributed by atoms with Gasteiger partial charge in [-0.1, -0.05) is 24.3 Å². The van der Waals surface area contributed by atoms with Crippen molar-refractivity contribution in [3.05, 3.63) is 42.0 Å². The van der Waals surface area contributed by atoms with E-state index < -0.39 is 11.9 Å². The van der Waals surface area contributed by atoms with Crippen LogP contribution in [0.3, 0.4) is 0 Å². The van der Waals surface area contributed by atoms with Crippen molar-refractivity contribution in [1.29, 1.82) is 0 Å². The molecule has 6 heteroatoms.